The van der Waals surface area contributed by atoms with E-state index in [4.69, 9.17) is 14.6 Å². The van der Waals surface area contributed by atoms with Gasteiger partial charge in [0.25, 0.3) is 0 Å². The Morgan fingerprint density at radius 1 is 1.50 bits per heavy atom. The minimum absolute atomic E-state index is 0.0101. The minimum atomic E-state index is -1.04. The third-order valence-electron chi connectivity index (χ3n) is 2.86. The first-order valence-corrected chi connectivity index (χ1v) is 6.13. The molecule has 0 aliphatic rings. The predicted octanol–water partition coefficient (Wildman–Crippen LogP) is 1.88. The topological polar surface area (TPSA) is 73.9 Å². The fourth-order valence-corrected chi connectivity index (χ4v) is 1.83. The Kier molecular flexibility index (Phi) is 5.37. The molecule has 5 heteroatoms. The molecule has 1 rings (SSSR count). The van der Waals surface area contributed by atoms with Crippen molar-refractivity contribution >= 4 is 5.97 Å². The van der Waals surface area contributed by atoms with Gasteiger partial charge in [0.1, 0.15) is 5.76 Å². The average molecular weight is 255 g/mol. The van der Waals surface area contributed by atoms with Crippen LogP contribution in [-0.2, 0) is 6.54 Å². The SMILES string of the molecule is Cc1cc(CN(CCCO)C(C)C)oc1C(=O)O. The van der Waals surface area contributed by atoms with Crippen molar-refractivity contribution in [2.24, 2.45) is 0 Å². The highest BCUT2D eigenvalue weighted by molar-refractivity contribution is 5.86. The van der Waals surface area contributed by atoms with E-state index in [1.165, 1.54) is 0 Å². The van der Waals surface area contributed by atoms with Crippen molar-refractivity contribution in [1.29, 1.82) is 0 Å². The van der Waals surface area contributed by atoms with Crippen LogP contribution in [0.2, 0.25) is 0 Å². The van der Waals surface area contributed by atoms with Gasteiger partial charge in [-0.25, -0.2) is 4.79 Å². The Balaban J connectivity index is 2.74. The van der Waals surface area contributed by atoms with Gasteiger partial charge in [0.05, 0.1) is 6.54 Å². The number of hydrogen-bond acceptors (Lipinski definition) is 4. The normalized spacial score (nSPS) is 11.4. The molecule has 0 unspecified atom stereocenters. The fourth-order valence-electron chi connectivity index (χ4n) is 1.83. The second-order valence-electron chi connectivity index (χ2n) is 4.67. The van der Waals surface area contributed by atoms with Crippen molar-refractivity contribution in [2.75, 3.05) is 13.2 Å². The van der Waals surface area contributed by atoms with Crippen molar-refractivity contribution in [3.05, 3.63) is 23.2 Å². The molecule has 1 heterocycles. The van der Waals surface area contributed by atoms with Gasteiger partial charge in [0, 0.05) is 24.8 Å². The third-order valence-corrected chi connectivity index (χ3v) is 2.86. The van der Waals surface area contributed by atoms with Gasteiger partial charge < -0.3 is 14.6 Å². The number of nitrogens with zero attached hydrogens (tertiary/aromatic N) is 1. The highest BCUT2D eigenvalue weighted by Gasteiger charge is 2.17. The van der Waals surface area contributed by atoms with Crippen LogP contribution in [0.5, 0.6) is 0 Å². The van der Waals surface area contributed by atoms with E-state index in [1.807, 2.05) is 0 Å². The van der Waals surface area contributed by atoms with Crippen LogP contribution in [0.25, 0.3) is 0 Å². The zero-order valence-corrected chi connectivity index (χ0v) is 11.1. The number of rotatable bonds is 7. The number of aryl methyl sites for hydroxylation is 1. The van der Waals surface area contributed by atoms with Crippen LogP contribution >= 0.6 is 0 Å². The van der Waals surface area contributed by atoms with E-state index in [9.17, 15) is 4.79 Å². The average Bonchev–Trinajstić information content (AvgIpc) is 2.65. The molecule has 0 aromatic carbocycles. The number of aromatic carboxylic acids is 1. The summed E-state index contributed by atoms with van der Waals surface area (Å²) in [6.45, 7) is 7.32. The van der Waals surface area contributed by atoms with Crippen LogP contribution < -0.4 is 0 Å². The van der Waals surface area contributed by atoms with Crippen LogP contribution in [0.15, 0.2) is 10.5 Å². The van der Waals surface area contributed by atoms with Crippen molar-refractivity contribution in [3.8, 4) is 0 Å². The first-order valence-electron chi connectivity index (χ1n) is 6.13. The largest absolute Gasteiger partial charge is 0.475 e. The Hall–Kier alpha value is -1.33. The molecular formula is C13H21NO4. The molecule has 0 saturated heterocycles. The minimum Gasteiger partial charge on any atom is -0.475 e. The lowest BCUT2D eigenvalue weighted by atomic mass is 10.2. The Bertz CT molecular complexity index is 398. The summed E-state index contributed by atoms with van der Waals surface area (Å²) in [4.78, 5) is 13.0. The molecule has 0 aliphatic heterocycles. The van der Waals surface area contributed by atoms with E-state index in [0.29, 0.717) is 30.3 Å². The van der Waals surface area contributed by atoms with Crippen LogP contribution in [0, 0.1) is 6.92 Å². The smallest absolute Gasteiger partial charge is 0.372 e. The zero-order valence-electron chi connectivity index (χ0n) is 11.1. The van der Waals surface area contributed by atoms with Gasteiger partial charge in [-0.2, -0.15) is 0 Å². The third kappa shape index (κ3) is 3.85. The van der Waals surface area contributed by atoms with Crippen LogP contribution in [-0.4, -0.2) is 40.3 Å². The summed E-state index contributed by atoms with van der Waals surface area (Å²) in [5.41, 5.74) is 0.642. The maximum absolute atomic E-state index is 10.9. The lowest BCUT2D eigenvalue weighted by molar-refractivity contribution is 0.0656. The van der Waals surface area contributed by atoms with Gasteiger partial charge in [-0.1, -0.05) is 0 Å². The molecule has 0 aliphatic carbocycles. The fraction of sp³-hybridized carbons (Fsp3) is 0.615. The summed E-state index contributed by atoms with van der Waals surface area (Å²) in [5.74, 6) is -0.377. The second kappa shape index (κ2) is 6.56. The molecule has 0 radical (unpaired) electrons. The summed E-state index contributed by atoms with van der Waals surface area (Å²) in [6, 6.07) is 2.08. The first-order chi connectivity index (χ1) is 8.45. The summed E-state index contributed by atoms with van der Waals surface area (Å²) >= 11 is 0. The van der Waals surface area contributed by atoms with Gasteiger partial charge in [0.15, 0.2) is 0 Å². The van der Waals surface area contributed by atoms with Crippen LogP contribution in [0.1, 0.15) is 42.1 Å². The Labute approximate surface area is 107 Å². The quantitative estimate of drug-likeness (QED) is 0.778. The van der Waals surface area contributed by atoms with Gasteiger partial charge in [-0.15, -0.1) is 0 Å². The van der Waals surface area contributed by atoms with E-state index >= 15 is 0 Å². The van der Waals surface area contributed by atoms with E-state index in [0.717, 1.165) is 6.54 Å². The summed E-state index contributed by atoms with van der Waals surface area (Å²) in [6.07, 6.45) is 0.698. The molecule has 1 aromatic rings. The van der Waals surface area contributed by atoms with Crippen LogP contribution in [0.3, 0.4) is 0 Å². The molecule has 2 N–H and O–H groups in total. The summed E-state index contributed by atoms with van der Waals surface area (Å²) < 4.78 is 5.33. The number of hydrogen-bond donors (Lipinski definition) is 2. The van der Waals surface area contributed by atoms with Gasteiger partial charge in [0.2, 0.25) is 5.76 Å². The first kappa shape index (κ1) is 14.7. The second-order valence-corrected chi connectivity index (χ2v) is 4.67. The highest BCUT2D eigenvalue weighted by Crippen LogP contribution is 2.17. The Morgan fingerprint density at radius 3 is 2.61 bits per heavy atom. The molecule has 18 heavy (non-hydrogen) atoms. The number of carboxylic acids is 1. The van der Waals surface area contributed by atoms with Crippen molar-refractivity contribution < 1.29 is 19.4 Å². The van der Waals surface area contributed by atoms with E-state index < -0.39 is 5.97 Å². The van der Waals surface area contributed by atoms with Gasteiger partial charge >= 0.3 is 5.97 Å². The molecule has 0 amide bonds. The summed E-state index contributed by atoms with van der Waals surface area (Å²) in [5, 5.41) is 17.8. The van der Waals surface area contributed by atoms with E-state index in [2.05, 4.69) is 18.7 Å². The summed E-state index contributed by atoms with van der Waals surface area (Å²) in [7, 11) is 0. The molecular weight excluding hydrogens is 234 g/mol. The zero-order chi connectivity index (χ0) is 13.7. The molecule has 5 nitrogen and oxygen atoms in total. The molecule has 0 bridgehead atoms. The lowest BCUT2D eigenvalue weighted by Crippen LogP contribution is -2.31. The number of aliphatic hydroxyl groups excluding tert-OH is 1. The maximum atomic E-state index is 10.9. The van der Waals surface area contributed by atoms with Crippen molar-refractivity contribution in [1.82, 2.24) is 4.90 Å². The number of aliphatic hydroxyl groups is 1. The van der Waals surface area contributed by atoms with E-state index in [1.54, 1.807) is 13.0 Å². The molecule has 0 atom stereocenters. The lowest BCUT2D eigenvalue weighted by Gasteiger charge is -2.24. The van der Waals surface area contributed by atoms with Crippen molar-refractivity contribution in [2.45, 2.75) is 39.8 Å². The Morgan fingerprint density at radius 2 is 2.17 bits per heavy atom. The molecule has 0 spiro atoms. The maximum Gasteiger partial charge on any atom is 0.372 e. The molecule has 0 fully saturated rings. The van der Waals surface area contributed by atoms with Gasteiger partial charge in [-0.3, -0.25) is 4.90 Å². The number of furan rings is 1. The van der Waals surface area contributed by atoms with Crippen LogP contribution in [0.4, 0.5) is 0 Å². The number of carboxylic acid groups (broad SMARTS) is 1. The van der Waals surface area contributed by atoms with Crippen molar-refractivity contribution in [3.63, 3.8) is 0 Å². The number of carbonyl (C=O) groups is 1. The monoisotopic (exact) mass is 255 g/mol. The van der Waals surface area contributed by atoms with Gasteiger partial charge in [-0.05, 0) is 33.3 Å². The van der Waals surface area contributed by atoms with E-state index in [-0.39, 0.29) is 12.4 Å². The highest BCUT2D eigenvalue weighted by atomic mass is 16.4. The standard InChI is InChI=1S/C13H21NO4/c1-9(2)14(5-4-6-15)8-11-7-10(3)12(18-11)13(16)17/h7,9,15H,4-6,8H2,1-3H3,(H,16,17). The molecule has 102 valence electrons. The predicted molar refractivity (Wildman–Crippen MR) is 67.7 cm³/mol. The molecule has 0 saturated carbocycles. The molecule has 1 aromatic heterocycles.